The minimum Gasteiger partial charge on any atom is -0.390 e. The average Bonchev–Trinajstić information content (AvgIpc) is 2.96. The first-order valence-electron chi connectivity index (χ1n) is 13.7. The van der Waals surface area contributed by atoms with Gasteiger partial charge >= 0.3 is 0 Å². The zero-order valence-corrected chi connectivity index (χ0v) is 25.4. The van der Waals surface area contributed by atoms with Gasteiger partial charge in [-0.1, -0.05) is 11.6 Å². The quantitative estimate of drug-likeness (QED) is 0.134. The minimum absolute atomic E-state index is 0.447. The zero-order chi connectivity index (χ0) is 30.5. The van der Waals surface area contributed by atoms with Crippen molar-refractivity contribution in [1.29, 1.82) is 0 Å². The summed E-state index contributed by atoms with van der Waals surface area (Å²) < 4.78 is 10.7. The standard InChI is InChI=1S/C13H20ClN3O2.C13H23N5O2.H4N2/c1-13(2,18)4-3-11-15-10(14)9-12(16-11)17-5-7-19-8-6-17;1-13(2,19)4-3-10-15-11(17-14)9-12(16-10)18-5-7-20-8-6-18;1-2/h9,18H,3-8H2,1-2H3;9,19H,3-8,14H2,1-2H3,(H,15,16,17);1-2H2. The van der Waals surface area contributed by atoms with Crippen LogP contribution in [0.1, 0.15) is 52.2 Å². The first kappa shape index (κ1) is 34.8. The molecule has 41 heavy (non-hydrogen) atoms. The lowest BCUT2D eigenvalue weighted by Gasteiger charge is -2.28. The number of ether oxygens (including phenoxy) is 2. The van der Waals surface area contributed by atoms with E-state index in [1.54, 1.807) is 33.8 Å². The molecule has 232 valence electrons. The number of hydrogen-bond donors (Lipinski definition) is 6. The highest BCUT2D eigenvalue weighted by Gasteiger charge is 2.19. The van der Waals surface area contributed by atoms with E-state index in [9.17, 15) is 10.2 Å². The summed E-state index contributed by atoms with van der Waals surface area (Å²) in [5.74, 6) is 17.1. The van der Waals surface area contributed by atoms with Crippen molar-refractivity contribution in [2.45, 2.75) is 64.6 Å². The summed E-state index contributed by atoms with van der Waals surface area (Å²) in [5, 5.41) is 20.0. The number of hydrogen-bond acceptors (Lipinski definition) is 14. The van der Waals surface area contributed by atoms with Crippen LogP contribution >= 0.6 is 11.6 Å². The van der Waals surface area contributed by atoms with Crippen molar-refractivity contribution >= 4 is 29.1 Å². The van der Waals surface area contributed by atoms with Gasteiger partial charge in [-0.3, -0.25) is 11.7 Å². The molecule has 0 unspecified atom stereocenters. The van der Waals surface area contributed by atoms with Gasteiger partial charge in [0.25, 0.3) is 0 Å². The Morgan fingerprint density at radius 1 is 0.780 bits per heavy atom. The van der Waals surface area contributed by atoms with E-state index in [-0.39, 0.29) is 0 Å². The molecule has 0 radical (unpaired) electrons. The van der Waals surface area contributed by atoms with Gasteiger partial charge in [0.2, 0.25) is 0 Å². The van der Waals surface area contributed by atoms with E-state index in [1.807, 2.05) is 6.07 Å². The second-order valence-electron chi connectivity index (χ2n) is 11.0. The summed E-state index contributed by atoms with van der Waals surface area (Å²) in [4.78, 5) is 21.9. The third-order valence-corrected chi connectivity index (χ3v) is 6.42. The van der Waals surface area contributed by atoms with Gasteiger partial charge in [0, 0.05) is 51.2 Å². The highest BCUT2D eigenvalue weighted by Crippen LogP contribution is 2.20. The highest BCUT2D eigenvalue weighted by atomic mass is 35.5. The van der Waals surface area contributed by atoms with Gasteiger partial charge in [-0.2, -0.15) is 0 Å². The number of rotatable bonds is 9. The normalized spacial score (nSPS) is 15.9. The second kappa shape index (κ2) is 16.9. The van der Waals surface area contributed by atoms with E-state index in [0.29, 0.717) is 74.7 Å². The summed E-state index contributed by atoms with van der Waals surface area (Å²) in [5.41, 5.74) is 1.13. The number of halogens is 1. The SMILES string of the molecule is CC(C)(O)CCc1nc(Cl)cc(N2CCOCC2)n1.CC(C)(O)CCc1nc(NN)cc(N2CCOCC2)n1.NN. The van der Waals surface area contributed by atoms with Crippen LogP contribution in [0.25, 0.3) is 0 Å². The molecule has 0 saturated carbocycles. The van der Waals surface area contributed by atoms with E-state index < -0.39 is 11.2 Å². The Bertz CT molecular complexity index is 1040. The number of nitrogen functional groups attached to an aromatic ring is 1. The largest absolute Gasteiger partial charge is 0.390 e. The van der Waals surface area contributed by atoms with Crippen molar-refractivity contribution in [2.75, 3.05) is 67.8 Å². The van der Waals surface area contributed by atoms with Crippen molar-refractivity contribution in [1.82, 2.24) is 19.9 Å². The van der Waals surface area contributed by atoms with Gasteiger partial charge < -0.3 is 34.9 Å². The van der Waals surface area contributed by atoms with Crippen molar-refractivity contribution in [3.63, 3.8) is 0 Å². The van der Waals surface area contributed by atoms with Gasteiger partial charge in [-0.05, 0) is 40.5 Å². The molecule has 0 aliphatic carbocycles. The molecule has 15 heteroatoms. The number of aromatic nitrogens is 4. The summed E-state index contributed by atoms with van der Waals surface area (Å²) in [6.07, 6.45) is 2.43. The lowest BCUT2D eigenvalue weighted by molar-refractivity contribution is 0.0702. The van der Waals surface area contributed by atoms with Gasteiger partial charge in [0.05, 0.1) is 37.6 Å². The first-order chi connectivity index (χ1) is 19.4. The Morgan fingerprint density at radius 2 is 1.20 bits per heavy atom. The van der Waals surface area contributed by atoms with Crippen LogP contribution in [0.2, 0.25) is 5.15 Å². The van der Waals surface area contributed by atoms with Crippen LogP contribution in [0.15, 0.2) is 12.1 Å². The lowest BCUT2D eigenvalue weighted by atomic mass is 10.0. The number of hydrazine groups is 2. The molecule has 9 N–H and O–H groups in total. The Morgan fingerprint density at radius 3 is 1.61 bits per heavy atom. The lowest BCUT2D eigenvalue weighted by Crippen LogP contribution is -2.37. The first-order valence-corrected chi connectivity index (χ1v) is 14.1. The van der Waals surface area contributed by atoms with Gasteiger partial charge in [0.1, 0.15) is 34.3 Å². The van der Waals surface area contributed by atoms with Crippen molar-refractivity contribution in [3.8, 4) is 0 Å². The molecule has 0 bridgehead atoms. The number of aliphatic hydroxyl groups is 2. The fraction of sp³-hybridized carbons (Fsp3) is 0.692. The highest BCUT2D eigenvalue weighted by molar-refractivity contribution is 6.29. The Kier molecular flexibility index (Phi) is 14.3. The van der Waals surface area contributed by atoms with Gasteiger partial charge in [-0.25, -0.2) is 25.8 Å². The molecule has 0 amide bonds. The summed E-state index contributed by atoms with van der Waals surface area (Å²) >= 11 is 6.05. The van der Waals surface area contributed by atoms with Crippen LogP contribution in [0.3, 0.4) is 0 Å². The molecule has 2 saturated heterocycles. The summed E-state index contributed by atoms with van der Waals surface area (Å²) in [6, 6.07) is 3.61. The molecule has 4 rings (SSSR count). The van der Waals surface area contributed by atoms with E-state index in [2.05, 4.69) is 46.8 Å². The Balaban J connectivity index is 0.000000271. The van der Waals surface area contributed by atoms with E-state index in [1.165, 1.54) is 0 Å². The average molecular weight is 599 g/mol. The molecule has 14 nitrogen and oxygen atoms in total. The van der Waals surface area contributed by atoms with Crippen LogP contribution in [-0.4, -0.2) is 94.0 Å². The maximum atomic E-state index is 9.80. The predicted octanol–water partition coefficient (Wildman–Crippen LogP) is 0.791. The number of nitrogens with two attached hydrogens (primary N) is 3. The van der Waals surface area contributed by atoms with E-state index >= 15 is 0 Å². The molecular weight excluding hydrogens is 552 g/mol. The number of nitrogens with zero attached hydrogens (tertiary/aromatic N) is 6. The van der Waals surface area contributed by atoms with E-state index in [0.717, 1.165) is 37.8 Å². The molecule has 2 fully saturated rings. The third-order valence-electron chi connectivity index (χ3n) is 6.23. The molecule has 0 aromatic carbocycles. The van der Waals surface area contributed by atoms with Crippen molar-refractivity contribution in [2.24, 2.45) is 17.5 Å². The Labute approximate surface area is 247 Å². The number of morpholine rings is 2. The molecular formula is C26H47ClN10O4. The molecule has 0 spiro atoms. The smallest absolute Gasteiger partial charge is 0.145 e. The molecule has 2 aromatic heterocycles. The topological polar surface area (TPSA) is 207 Å². The predicted molar refractivity (Wildman–Crippen MR) is 161 cm³/mol. The van der Waals surface area contributed by atoms with Crippen molar-refractivity contribution < 1.29 is 19.7 Å². The monoisotopic (exact) mass is 598 g/mol. The fourth-order valence-electron chi connectivity index (χ4n) is 3.98. The van der Waals surface area contributed by atoms with Crippen LogP contribution in [0.4, 0.5) is 17.5 Å². The Hall–Kier alpha value is -2.43. The number of anilines is 3. The van der Waals surface area contributed by atoms with Crippen LogP contribution < -0.4 is 32.8 Å². The van der Waals surface area contributed by atoms with E-state index in [4.69, 9.17) is 26.9 Å². The second-order valence-corrected chi connectivity index (χ2v) is 11.3. The summed E-state index contributed by atoms with van der Waals surface area (Å²) in [7, 11) is 0. The van der Waals surface area contributed by atoms with Crippen molar-refractivity contribution in [3.05, 3.63) is 28.9 Å². The number of nitrogens with one attached hydrogen (secondary N) is 1. The fourth-order valence-corrected chi connectivity index (χ4v) is 4.17. The maximum Gasteiger partial charge on any atom is 0.145 e. The molecule has 2 aliphatic heterocycles. The molecule has 0 atom stereocenters. The van der Waals surface area contributed by atoms with Gasteiger partial charge in [0.15, 0.2) is 0 Å². The molecule has 2 aromatic rings. The van der Waals surface area contributed by atoms with Gasteiger partial charge in [-0.15, -0.1) is 0 Å². The summed E-state index contributed by atoms with van der Waals surface area (Å²) in [6.45, 7) is 13.2. The van der Waals surface area contributed by atoms with Crippen LogP contribution in [0, 0.1) is 0 Å². The molecule has 2 aliphatic rings. The zero-order valence-electron chi connectivity index (χ0n) is 24.6. The number of aryl methyl sites for hydroxylation is 2. The van der Waals surface area contributed by atoms with Crippen LogP contribution in [-0.2, 0) is 22.3 Å². The maximum absolute atomic E-state index is 9.80. The molecule has 4 heterocycles. The minimum atomic E-state index is -0.728. The van der Waals surface area contributed by atoms with Crippen LogP contribution in [0.5, 0.6) is 0 Å². The third kappa shape index (κ3) is 13.4.